The zero-order chi connectivity index (χ0) is 20.3. The number of hydrogen-bond acceptors (Lipinski definition) is 1. The van der Waals surface area contributed by atoms with Gasteiger partial charge in [-0.2, -0.15) is 0 Å². The molecule has 0 unspecified atom stereocenters. The zero-order valence-corrected chi connectivity index (χ0v) is 17.3. The van der Waals surface area contributed by atoms with Crippen LogP contribution in [0.25, 0.3) is 0 Å². The zero-order valence-electron chi connectivity index (χ0n) is 17.3. The molecule has 144 valence electrons. The van der Waals surface area contributed by atoms with Crippen molar-refractivity contribution in [3.8, 4) is 23.7 Å². The van der Waals surface area contributed by atoms with E-state index in [1.165, 1.54) is 30.4 Å². The second-order valence-corrected chi connectivity index (χ2v) is 7.12. The highest BCUT2D eigenvalue weighted by Crippen LogP contribution is 2.13. The van der Waals surface area contributed by atoms with E-state index in [1.54, 1.807) is 12.4 Å². The molecule has 0 aliphatic rings. The summed E-state index contributed by atoms with van der Waals surface area (Å²) in [7, 11) is 0. The van der Waals surface area contributed by atoms with Crippen LogP contribution in [0.4, 0.5) is 0 Å². The van der Waals surface area contributed by atoms with Gasteiger partial charge in [0, 0.05) is 34.6 Å². The molecule has 1 heteroatoms. The first-order chi connectivity index (χ1) is 14.3. The molecule has 0 aliphatic heterocycles. The lowest BCUT2D eigenvalue weighted by Crippen LogP contribution is -1.90. The Bertz CT molecular complexity index is 1040. The molecule has 0 saturated heterocycles. The smallest absolute Gasteiger partial charge is 0.0281 e. The van der Waals surface area contributed by atoms with Gasteiger partial charge in [-0.15, -0.1) is 0 Å². The summed E-state index contributed by atoms with van der Waals surface area (Å²) in [5, 5.41) is 0. The molecule has 3 aromatic rings. The van der Waals surface area contributed by atoms with Gasteiger partial charge in [0.05, 0.1) is 0 Å². The SMILES string of the molecule is CCCCCc1ccc(C#Cc2ccc(C#Cc3ccncc3)c(CC)c2)cc1. The predicted octanol–water partition coefficient (Wildman–Crippen LogP) is 6.18. The van der Waals surface area contributed by atoms with Gasteiger partial charge in [-0.05, 0) is 72.9 Å². The Balaban J connectivity index is 1.72. The molecule has 0 N–H and O–H groups in total. The third-order valence-electron chi connectivity index (χ3n) is 4.88. The van der Waals surface area contributed by atoms with E-state index in [0.717, 1.165) is 35.1 Å². The van der Waals surface area contributed by atoms with Crippen LogP contribution in [-0.2, 0) is 12.8 Å². The Morgan fingerprint density at radius 1 is 0.690 bits per heavy atom. The molecule has 1 heterocycles. The van der Waals surface area contributed by atoms with Crippen LogP contribution in [0.3, 0.4) is 0 Å². The number of pyridine rings is 1. The van der Waals surface area contributed by atoms with E-state index in [4.69, 9.17) is 0 Å². The highest BCUT2D eigenvalue weighted by Gasteiger charge is 1.99. The molecule has 0 amide bonds. The van der Waals surface area contributed by atoms with Crippen LogP contribution < -0.4 is 0 Å². The Morgan fingerprint density at radius 2 is 1.34 bits per heavy atom. The Morgan fingerprint density at radius 3 is 2.07 bits per heavy atom. The maximum atomic E-state index is 4.03. The van der Waals surface area contributed by atoms with E-state index >= 15 is 0 Å². The van der Waals surface area contributed by atoms with E-state index < -0.39 is 0 Å². The Kier molecular flexibility index (Phi) is 7.68. The summed E-state index contributed by atoms with van der Waals surface area (Å²) in [6, 6.07) is 18.8. The van der Waals surface area contributed by atoms with Crippen LogP contribution in [0, 0.1) is 23.7 Å². The second-order valence-electron chi connectivity index (χ2n) is 7.12. The summed E-state index contributed by atoms with van der Waals surface area (Å²) in [5.41, 5.74) is 6.75. The summed E-state index contributed by atoms with van der Waals surface area (Å²) < 4.78 is 0. The lowest BCUT2D eigenvalue weighted by molar-refractivity contribution is 0.717. The van der Waals surface area contributed by atoms with Crippen LogP contribution in [0.1, 0.15) is 66.5 Å². The second kappa shape index (κ2) is 10.9. The molecule has 0 radical (unpaired) electrons. The van der Waals surface area contributed by atoms with Crippen molar-refractivity contribution in [2.75, 3.05) is 0 Å². The number of nitrogens with zero attached hydrogens (tertiary/aromatic N) is 1. The summed E-state index contributed by atoms with van der Waals surface area (Å²) >= 11 is 0. The average Bonchev–Trinajstić information content (AvgIpc) is 2.78. The van der Waals surface area contributed by atoms with E-state index in [9.17, 15) is 0 Å². The van der Waals surface area contributed by atoms with Crippen LogP contribution in [0.5, 0.6) is 0 Å². The van der Waals surface area contributed by atoms with Crippen molar-refractivity contribution < 1.29 is 0 Å². The third-order valence-corrected chi connectivity index (χ3v) is 4.88. The minimum absolute atomic E-state index is 0.933. The maximum Gasteiger partial charge on any atom is 0.0281 e. The maximum absolute atomic E-state index is 4.03. The average molecular weight is 378 g/mol. The fourth-order valence-corrected chi connectivity index (χ4v) is 3.14. The molecule has 0 spiro atoms. The van der Waals surface area contributed by atoms with Crippen molar-refractivity contribution in [1.82, 2.24) is 4.98 Å². The fourth-order valence-electron chi connectivity index (χ4n) is 3.14. The van der Waals surface area contributed by atoms with E-state index in [2.05, 4.69) is 85.0 Å². The summed E-state index contributed by atoms with van der Waals surface area (Å²) in [5.74, 6) is 13.1. The number of aromatic nitrogens is 1. The van der Waals surface area contributed by atoms with Gasteiger partial charge in [0.1, 0.15) is 0 Å². The highest BCUT2D eigenvalue weighted by molar-refractivity contribution is 5.51. The lowest BCUT2D eigenvalue weighted by atomic mass is 10.0. The molecule has 2 aromatic carbocycles. The minimum Gasteiger partial charge on any atom is -0.265 e. The Hall–Kier alpha value is -3.29. The van der Waals surface area contributed by atoms with Gasteiger partial charge in [0.15, 0.2) is 0 Å². The molecule has 0 bridgehead atoms. The molecule has 1 aromatic heterocycles. The molecule has 3 rings (SSSR count). The van der Waals surface area contributed by atoms with Crippen LogP contribution >= 0.6 is 0 Å². The van der Waals surface area contributed by atoms with Crippen LogP contribution in [0.2, 0.25) is 0 Å². The number of rotatable bonds is 5. The molecule has 0 atom stereocenters. The normalized spacial score (nSPS) is 9.86. The van der Waals surface area contributed by atoms with Gasteiger partial charge in [0.2, 0.25) is 0 Å². The quantitative estimate of drug-likeness (QED) is 0.382. The van der Waals surface area contributed by atoms with E-state index in [1.807, 2.05) is 12.1 Å². The predicted molar refractivity (Wildman–Crippen MR) is 122 cm³/mol. The monoisotopic (exact) mass is 377 g/mol. The Labute approximate surface area is 175 Å². The molecule has 29 heavy (non-hydrogen) atoms. The number of unbranched alkanes of at least 4 members (excludes halogenated alkanes) is 2. The van der Waals surface area contributed by atoms with Gasteiger partial charge < -0.3 is 0 Å². The fraction of sp³-hybridized carbons (Fsp3) is 0.250. The first-order valence-electron chi connectivity index (χ1n) is 10.4. The summed E-state index contributed by atoms with van der Waals surface area (Å²) in [6.45, 7) is 4.39. The number of benzene rings is 2. The first kappa shape index (κ1) is 20.4. The molecule has 0 saturated carbocycles. The van der Waals surface area contributed by atoms with Crippen molar-refractivity contribution in [2.24, 2.45) is 0 Å². The van der Waals surface area contributed by atoms with Gasteiger partial charge in [0.25, 0.3) is 0 Å². The summed E-state index contributed by atoms with van der Waals surface area (Å²) in [6.07, 6.45) is 9.44. The molecule has 1 nitrogen and oxygen atoms in total. The van der Waals surface area contributed by atoms with Crippen LogP contribution in [0.15, 0.2) is 67.0 Å². The first-order valence-corrected chi connectivity index (χ1v) is 10.4. The standard InChI is InChI=1S/C28H27N/c1-3-5-6-7-23-8-10-24(11-9-23)12-13-26-15-17-28(27(4-2)22-26)16-14-25-18-20-29-21-19-25/h8-11,15,17-22H,3-7H2,1-2H3. The highest BCUT2D eigenvalue weighted by atomic mass is 14.6. The molecular weight excluding hydrogens is 350 g/mol. The van der Waals surface area contributed by atoms with Gasteiger partial charge >= 0.3 is 0 Å². The van der Waals surface area contributed by atoms with Crippen LogP contribution in [-0.4, -0.2) is 4.98 Å². The topological polar surface area (TPSA) is 12.9 Å². The van der Waals surface area contributed by atoms with Gasteiger partial charge in [-0.1, -0.05) is 62.5 Å². The van der Waals surface area contributed by atoms with Gasteiger partial charge in [-0.3, -0.25) is 4.98 Å². The lowest BCUT2D eigenvalue weighted by Gasteiger charge is -2.02. The minimum atomic E-state index is 0.933. The molecular formula is C28H27N. The van der Waals surface area contributed by atoms with Crippen molar-refractivity contribution in [3.63, 3.8) is 0 Å². The number of aryl methyl sites for hydroxylation is 2. The largest absolute Gasteiger partial charge is 0.265 e. The van der Waals surface area contributed by atoms with Crippen molar-refractivity contribution in [1.29, 1.82) is 0 Å². The number of hydrogen-bond donors (Lipinski definition) is 0. The van der Waals surface area contributed by atoms with Crippen molar-refractivity contribution in [2.45, 2.75) is 46.0 Å². The van der Waals surface area contributed by atoms with E-state index in [0.29, 0.717) is 0 Å². The summed E-state index contributed by atoms with van der Waals surface area (Å²) in [4.78, 5) is 4.03. The van der Waals surface area contributed by atoms with Crippen molar-refractivity contribution in [3.05, 3.63) is 100 Å². The van der Waals surface area contributed by atoms with Crippen molar-refractivity contribution >= 4 is 0 Å². The third kappa shape index (κ3) is 6.38. The van der Waals surface area contributed by atoms with E-state index in [-0.39, 0.29) is 0 Å². The molecule has 0 fully saturated rings. The van der Waals surface area contributed by atoms with Gasteiger partial charge in [-0.25, -0.2) is 0 Å². The molecule has 0 aliphatic carbocycles.